The van der Waals surface area contributed by atoms with Crippen molar-refractivity contribution < 1.29 is 23.1 Å². The minimum atomic E-state index is -4.44. The Hall–Kier alpha value is -4.15. The molecular formula is C28H29F3N6O2. The zero-order valence-corrected chi connectivity index (χ0v) is 21.5. The van der Waals surface area contributed by atoms with Crippen LogP contribution in [0.5, 0.6) is 0 Å². The van der Waals surface area contributed by atoms with Gasteiger partial charge in [-0.2, -0.15) is 18.2 Å². The maximum atomic E-state index is 13.2. The molecular weight excluding hydrogens is 509 g/mol. The van der Waals surface area contributed by atoms with Crippen LogP contribution in [0.15, 0.2) is 54.6 Å². The van der Waals surface area contributed by atoms with Gasteiger partial charge in [0, 0.05) is 6.04 Å². The fourth-order valence-corrected chi connectivity index (χ4v) is 4.77. The van der Waals surface area contributed by atoms with Crippen LogP contribution in [0.1, 0.15) is 66.5 Å². The highest BCUT2D eigenvalue weighted by Crippen LogP contribution is 2.34. The predicted molar refractivity (Wildman–Crippen MR) is 142 cm³/mol. The number of imidazole rings is 1. The molecule has 1 aliphatic rings. The van der Waals surface area contributed by atoms with E-state index in [1.807, 2.05) is 44.2 Å². The van der Waals surface area contributed by atoms with E-state index in [9.17, 15) is 23.1 Å². The summed E-state index contributed by atoms with van der Waals surface area (Å²) >= 11 is 0. The maximum Gasteiger partial charge on any atom is 0.416 e. The number of alkyl halides is 3. The number of hydrogen-bond acceptors (Lipinski definition) is 6. The Morgan fingerprint density at radius 3 is 2.31 bits per heavy atom. The van der Waals surface area contributed by atoms with Crippen molar-refractivity contribution in [2.75, 3.05) is 10.6 Å². The van der Waals surface area contributed by atoms with E-state index in [1.165, 1.54) is 12.1 Å². The van der Waals surface area contributed by atoms with E-state index in [0.717, 1.165) is 37.0 Å². The van der Waals surface area contributed by atoms with Gasteiger partial charge in [-0.3, -0.25) is 0 Å². The van der Waals surface area contributed by atoms with Crippen LogP contribution in [0, 0.1) is 5.92 Å². The lowest BCUT2D eigenvalue weighted by atomic mass is 9.80. The van der Waals surface area contributed by atoms with Crippen LogP contribution in [0.25, 0.3) is 11.2 Å². The third kappa shape index (κ3) is 5.67. The van der Waals surface area contributed by atoms with Crippen LogP contribution >= 0.6 is 0 Å². The van der Waals surface area contributed by atoms with Crippen LogP contribution in [0.3, 0.4) is 0 Å². The van der Waals surface area contributed by atoms with Gasteiger partial charge in [-0.25, -0.2) is 14.8 Å². The number of carboxylic acid groups (broad SMARTS) is 1. The van der Waals surface area contributed by atoms with Gasteiger partial charge in [0.15, 0.2) is 11.5 Å². The number of carboxylic acids is 1. The van der Waals surface area contributed by atoms with Crippen LogP contribution in [-0.2, 0) is 12.7 Å². The van der Waals surface area contributed by atoms with Gasteiger partial charge < -0.3 is 20.3 Å². The van der Waals surface area contributed by atoms with Gasteiger partial charge in [-0.1, -0.05) is 48.9 Å². The Morgan fingerprint density at radius 2 is 1.72 bits per heavy atom. The molecule has 0 unspecified atom stereocenters. The fourth-order valence-electron chi connectivity index (χ4n) is 4.77. The topological polar surface area (TPSA) is 105 Å². The van der Waals surface area contributed by atoms with Crippen LogP contribution in [0.2, 0.25) is 0 Å². The maximum absolute atomic E-state index is 13.2. The normalized spacial score (nSPS) is 15.5. The van der Waals surface area contributed by atoms with E-state index in [0.29, 0.717) is 28.8 Å². The minimum Gasteiger partial charge on any atom is -0.475 e. The van der Waals surface area contributed by atoms with E-state index in [4.69, 9.17) is 0 Å². The van der Waals surface area contributed by atoms with Gasteiger partial charge in [-0.15, -0.1) is 0 Å². The molecule has 3 N–H and O–H groups in total. The number of fused-ring (bicyclic) bond motifs is 1. The Bertz CT molecular complexity index is 1470. The predicted octanol–water partition coefficient (Wildman–Crippen LogP) is 6.37. The summed E-state index contributed by atoms with van der Waals surface area (Å²) in [5.74, 6) is -0.493. The molecule has 1 aliphatic carbocycles. The van der Waals surface area contributed by atoms with E-state index in [2.05, 4.69) is 25.6 Å². The largest absolute Gasteiger partial charge is 0.475 e. The summed E-state index contributed by atoms with van der Waals surface area (Å²) in [5, 5.41) is 16.4. The van der Waals surface area contributed by atoms with Crippen molar-refractivity contribution in [1.82, 2.24) is 19.5 Å². The number of rotatable bonds is 9. The molecule has 0 radical (unpaired) electrons. The quantitative estimate of drug-likeness (QED) is 0.228. The third-order valence-electron chi connectivity index (χ3n) is 7.28. The number of aromatic carboxylic acids is 1. The van der Waals surface area contributed by atoms with Gasteiger partial charge in [0.05, 0.1) is 18.2 Å². The lowest BCUT2D eigenvalue weighted by molar-refractivity contribution is -0.137. The van der Waals surface area contributed by atoms with Crippen molar-refractivity contribution >= 4 is 28.9 Å². The summed E-state index contributed by atoms with van der Waals surface area (Å²) in [6.45, 7) is 4.16. The number of carbonyl (C=O) groups is 1. The van der Waals surface area contributed by atoms with Gasteiger partial charge in [0.2, 0.25) is 11.8 Å². The van der Waals surface area contributed by atoms with Crippen LogP contribution in [-0.4, -0.2) is 36.6 Å². The van der Waals surface area contributed by atoms with Crippen molar-refractivity contribution in [3.05, 3.63) is 77.1 Å². The van der Waals surface area contributed by atoms with Crippen LogP contribution < -0.4 is 10.6 Å². The van der Waals surface area contributed by atoms with E-state index >= 15 is 0 Å². The summed E-state index contributed by atoms with van der Waals surface area (Å²) in [6, 6.07) is 14.5. The smallest absolute Gasteiger partial charge is 0.416 e. The van der Waals surface area contributed by atoms with Gasteiger partial charge >= 0.3 is 12.1 Å². The molecule has 2 aromatic carbocycles. The molecule has 5 rings (SSSR count). The zero-order valence-electron chi connectivity index (χ0n) is 21.5. The summed E-state index contributed by atoms with van der Waals surface area (Å²) in [7, 11) is 0. The summed E-state index contributed by atoms with van der Waals surface area (Å²) in [5.41, 5.74) is 1.54. The fraction of sp³-hybridized carbons (Fsp3) is 0.357. The first-order valence-corrected chi connectivity index (χ1v) is 12.9. The Kier molecular flexibility index (Phi) is 7.16. The lowest BCUT2D eigenvalue weighted by Gasteiger charge is -2.32. The monoisotopic (exact) mass is 538 g/mol. The second-order valence-electron chi connectivity index (χ2n) is 9.99. The van der Waals surface area contributed by atoms with Gasteiger partial charge in [-0.05, 0) is 55.9 Å². The van der Waals surface area contributed by atoms with Crippen molar-refractivity contribution in [3.63, 3.8) is 0 Å². The van der Waals surface area contributed by atoms with E-state index < -0.39 is 17.7 Å². The summed E-state index contributed by atoms with van der Waals surface area (Å²) in [6.07, 6.45) is -1.15. The molecule has 1 saturated carbocycles. The molecule has 11 heteroatoms. The Labute approximate surface area is 223 Å². The first-order valence-electron chi connectivity index (χ1n) is 12.9. The molecule has 0 spiro atoms. The van der Waals surface area contributed by atoms with Crippen molar-refractivity contribution in [2.24, 2.45) is 5.92 Å². The molecule has 2 heterocycles. The number of anilines is 2. The number of nitrogens with zero attached hydrogens (tertiary/aromatic N) is 4. The number of nitrogens with one attached hydrogen (secondary N) is 2. The summed E-state index contributed by atoms with van der Waals surface area (Å²) in [4.78, 5) is 25.0. The molecule has 8 nitrogen and oxygen atoms in total. The Balaban J connectivity index is 1.61. The molecule has 4 aromatic rings. The van der Waals surface area contributed by atoms with Crippen molar-refractivity contribution in [1.29, 1.82) is 0 Å². The highest BCUT2D eigenvalue weighted by molar-refractivity contribution is 5.91. The number of halogens is 3. The number of aromatic nitrogens is 4. The molecule has 0 saturated heterocycles. The zero-order chi connectivity index (χ0) is 27.7. The molecule has 204 valence electrons. The van der Waals surface area contributed by atoms with Gasteiger partial charge in [0.1, 0.15) is 5.52 Å². The average molecular weight is 539 g/mol. The molecule has 0 bridgehead atoms. The van der Waals surface area contributed by atoms with Crippen molar-refractivity contribution in [2.45, 2.75) is 57.9 Å². The Morgan fingerprint density at radius 1 is 1.03 bits per heavy atom. The SMILES string of the molecule is C[C@H](Nc1nc2nc(C(=O)O)nc(N[C@H](C)C3CCC3)c2n1Cc1ccc(C(F)(F)F)cc1)c1ccccc1. The first kappa shape index (κ1) is 26.5. The number of hydrogen-bond donors (Lipinski definition) is 3. The highest BCUT2D eigenvalue weighted by Gasteiger charge is 2.30. The molecule has 0 aliphatic heterocycles. The summed E-state index contributed by atoms with van der Waals surface area (Å²) < 4.78 is 41.2. The lowest BCUT2D eigenvalue weighted by Crippen LogP contribution is -2.31. The van der Waals surface area contributed by atoms with Gasteiger partial charge in [0.25, 0.3) is 0 Å². The average Bonchev–Trinajstić information content (AvgIpc) is 3.20. The molecule has 1 fully saturated rings. The van der Waals surface area contributed by atoms with E-state index in [1.54, 1.807) is 4.57 Å². The van der Waals surface area contributed by atoms with E-state index in [-0.39, 0.29) is 30.1 Å². The molecule has 2 aromatic heterocycles. The van der Waals surface area contributed by atoms with Crippen LogP contribution in [0.4, 0.5) is 24.9 Å². The molecule has 2 atom stereocenters. The first-order chi connectivity index (χ1) is 18.6. The second kappa shape index (κ2) is 10.5. The number of benzene rings is 2. The second-order valence-corrected chi connectivity index (χ2v) is 9.99. The standard InChI is InChI=1S/C28H29F3N6O2/c1-16(20-9-6-10-20)32-23-22-24(35-25(34-23)26(38)39)36-27(33-17(2)19-7-4-3-5-8-19)37(22)15-18-11-13-21(14-12-18)28(29,30)31/h3-5,7-8,11-14,16-17,20H,6,9-10,15H2,1-2H3,(H,38,39)(H2,32,33,34,35,36)/t16-,17+/m1/s1. The third-order valence-corrected chi connectivity index (χ3v) is 7.28. The highest BCUT2D eigenvalue weighted by atomic mass is 19.4. The molecule has 0 amide bonds. The van der Waals surface area contributed by atoms with Crippen molar-refractivity contribution in [3.8, 4) is 0 Å². The molecule has 39 heavy (non-hydrogen) atoms. The minimum absolute atomic E-state index is 0.0348.